The van der Waals surface area contributed by atoms with Gasteiger partial charge in [-0.05, 0) is 18.6 Å². The standard InChI is InChI=1S/C12H13F2N3S/c1-2-10(15)12-17-16-11(18-12)6-7-8(13)4-3-5-9(7)14/h3-5,10H,2,6,15H2,1H3. The predicted molar refractivity (Wildman–Crippen MR) is 66.3 cm³/mol. The molecule has 3 nitrogen and oxygen atoms in total. The van der Waals surface area contributed by atoms with Crippen molar-refractivity contribution in [3.8, 4) is 0 Å². The fraction of sp³-hybridized carbons (Fsp3) is 0.333. The van der Waals surface area contributed by atoms with Crippen LogP contribution in [0.3, 0.4) is 0 Å². The molecule has 1 aromatic heterocycles. The Balaban J connectivity index is 2.21. The lowest BCUT2D eigenvalue weighted by Gasteiger charge is -2.02. The second-order valence-electron chi connectivity index (χ2n) is 3.93. The van der Waals surface area contributed by atoms with Crippen LogP contribution in [0, 0.1) is 11.6 Å². The van der Waals surface area contributed by atoms with Crippen LogP contribution in [0.2, 0.25) is 0 Å². The number of hydrogen-bond donors (Lipinski definition) is 1. The third-order valence-corrected chi connectivity index (χ3v) is 3.68. The second-order valence-corrected chi connectivity index (χ2v) is 5.02. The van der Waals surface area contributed by atoms with E-state index in [9.17, 15) is 8.78 Å². The second kappa shape index (κ2) is 5.49. The van der Waals surface area contributed by atoms with E-state index in [1.165, 1.54) is 29.5 Å². The van der Waals surface area contributed by atoms with Crippen molar-refractivity contribution in [2.45, 2.75) is 25.8 Å². The molecule has 18 heavy (non-hydrogen) atoms. The topological polar surface area (TPSA) is 51.8 Å². The van der Waals surface area contributed by atoms with E-state index in [0.29, 0.717) is 10.0 Å². The van der Waals surface area contributed by atoms with Crippen molar-refractivity contribution in [1.29, 1.82) is 0 Å². The van der Waals surface area contributed by atoms with E-state index in [-0.39, 0.29) is 18.0 Å². The maximum Gasteiger partial charge on any atom is 0.134 e. The van der Waals surface area contributed by atoms with Crippen LogP contribution >= 0.6 is 11.3 Å². The van der Waals surface area contributed by atoms with Gasteiger partial charge in [0, 0.05) is 12.0 Å². The molecule has 1 aromatic carbocycles. The lowest BCUT2D eigenvalue weighted by Crippen LogP contribution is -2.07. The van der Waals surface area contributed by atoms with Gasteiger partial charge in [-0.1, -0.05) is 24.3 Å². The van der Waals surface area contributed by atoms with Crippen molar-refractivity contribution in [1.82, 2.24) is 10.2 Å². The number of halogens is 2. The molecule has 0 saturated carbocycles. The molecule has 0 bridgehead atoms. The SMILES string of the molecule is CCC(N)c1nnc(Cc2c(F)cccc2F)s1. The predicted octanol–water partition coefficient (Wildman–Crippen LogP) is 2.82. The van der Waals surface area contributed by atoms with Crippen molar-refractivity contribution in [2.75, 3.05) is 0 Å². The molecule has 0 aliphatic rings. The van der Waals surface area contributed by atoms with Gasteiger partial charge in [0.2, 0.25) is 0 Å². The van der Waals surface area contributed by atoms with E-state index in [2.05, 4.69) is 10.2 Å². The highest BCUT2D eigenvalue weighted by Gasteiger charge is 2.14. The number of nitrogens with zero attached hydrogens (tertiary/aromatic N) is 2. The number of benzene rings is 1. The number of nitrogens with two attached hydrogens (primary N) is 1. The van der Waals surface area contributed by atoms with Gasteiger partial charge in [0.05, 0.1) is 6.04 Å². The third-order valence-electron chi connectivity index (χ3n) is 2.63. The summed E-state index contributed by atoms with van der Waals surface area (Å²) in [5.74, 6) is -1.13. The molecular weight excluding hydrogens is 256 g/mol. The zero-order chi connectivity index (χ0) is 13.1. The zero-order valence-corrected chi connectivity index (χ0v) is 10.7. The van der Waals surface area contributed by atoms with Crippen LogP contribution < -0.4 is 5.73 Å². The smallest absolute Gasteiger partial charge is 0.134 e. The molecule has 1 atom stereocenters. The third kappa shape index (κ3) is 2.70. The molecule has 0 aliphatic carbocycles. The molecule has 2 rings (SSSR count). The lowest BCUT2D eigenvalue weighted by atomic mass is 10.1. The van der Waals surface area contributed by atoms with Crippen LogP contribution in [0.5, 0.6) is 0 Å². The largest absolute Gasteiger partial charge is 0.322 e. The van der Waals surface area contributed by atoms with Gasteiger partial charge in [-0.3, -0.25) is 0 Å². The minimum atomic E-state index is -0.563. The van der Waals surface area contributed by atoms with Crippen LogP contribution in [-0.2, 0) is 6.42 Å². The molecule has 2 aromatic rings. The molecular formula is C12H13F2N3S. The van der Waals surface area contributed by atoms with Gasteiger partial charge in [-0.2, -0.15) is 0 Å². The van der Waals surface area contributed by atoms with Crippen LogP contribution in [0.1, 0.15) is 35.0 Å². The van der Waals surface area contributed by atoms with Gasteiger partial charge in [0.1, 0.15) is 21.6 Å². The molecule has 6 heteroatoms. The first-order valence-electron chi connectivity index (χ1n) is 5.62. The van der Waals surface area contributed by atoms with Gasteiger partial charge in [-0.25, -0.2) is 8.78 Å². The number of rotatable bonds is 4. The van der Waals surface area contributed by atoms with Crippen LogP contribution in [0.15, 0.2) is 18.2 Å². The van der Waals surface area contributed by atoms with Crippen LogP contribution in [-0.4, -0.2) is 10.2 Å². The number of hydrogen-bond acceptors (Lipinski definition) is 4. The molecule has 0 amide bonds. The van der Waals surface area contributed by atoms with E-state index in [1.54, 1.807) is 0 Å². The quantitative estimate of drug-likeness (QED) is 0.928. The fourth-order valence-corrected chi connectivity index (χ4v) is 2.45. The molecule has 0 saturated heterocycles. The average molecular weight is 269 g/mol. The first kappa shape index (κ1) is 13.0. The first-order valence-corrected chi connectivity index (χ1v) is 6.44. The highest BCUT2D eigenvalue weighted by molar-refractivity contribution is 7.11. The van der Waals surface area contributed by atoms with Crippen molar-refractivity contribution < 1.29 is 8.78 Å². The van der Waals surface area contributed by atoms with E-state index >= 15 is 0 Å². The first-order chi connectivity index (χ1) is 8.61. The monoisotopic (exact) mass is 269 g/mol. The molecule has 1 unspecified atom stereocenters. The zero-order valence-electron chi connectivity index (χ0n) is 9.86. The molecule has 0 aliphatic heterocycles. The van der Waals surface area contributed by atoms with Gasteiger partial charge in [-0.15, -0.1) is 10.2 Å². The summed E-state index contributed by atoms with van der Waals surface area (Å²) in [5.41, 5.74) is 5.84. The summed E-state index contributed by atoms with van der Waals surface area (Å²) in [4.78, 5) is 0. The van der Waals surface area contributed by atoms with Gasteiger partial charge in [0.25, 0.3) is 0 Å². The molecule has 0 spiro atoms. The van der Waals surface area contributed by atoms with Crippen LogP contribution in [0.4, 0.5) is 8.78 Å². The van der Waals surface area contributed by atoms with E-state index < -0.39 is 11.6 Å². The molecule has 2 N–H and O–H groups in total. The summed E-state index contributed by atoms with van der Waals surface area (Å²) in [7, 11) is 0. The molecule has 0 radical (unpaired) electrons. The lowest BCUT2D eigenvalue weighted by molar-refractivity contribution is 0.561. The fourth-order valence-electron chi connectivity index (χ4n) is 1.51. The normalized spacial score (nSPS) is 12.7. The van der Waals surface area contributed by atoms with Crippen LogP contribution in [0.25, 0.3) is 0 Å². The van der Waals surface area contributed by atoms with Crippen molar-refractivity contribution in [3.05, 3.63) is 45.4 Å². The Bertz CT molecular complexity index is 522. The summed E-state index contributed by atoms with van der Waals surface area (Å²) in [5, 5.41) is 9.12. The molecule has 1 heterocycles. The summed E-state index contributed by atoms with van der Waals surface area (Å²) in [6, 6.07) is 3.64. The Hall–Kier alpha value is -1.40. The Kier molecular flexibility index (Phi) is 3.98. The van der Waals surface area contributed by atoms with Crippen molar-refractivity contribution in [3.63, 3.8) is 0 Å². The Morgan fingerprint density at radius 3 is 2.56 bits per heavy atom. The Morgan fingerprint density at radius 1 is 1.28 bits per heavy atom. The van der Waals surface area contributed by atoms with Gasteiger partial charge >= 0.3 is 0 Å². The van der Waals surface area contributed by atoms with Gasteiger partial charge in [0.15, 0.2) is 0 Å². The van der Waals surface area contributed by atoms with E-state index in [1.807, 2.05) is 6.92 Å². The minimum absolute atomic E-state index is 0.0188. The van der Waals surface area contributed by atoms with Crippen molar-refractivity contribution in [2.24, 2.45) is 5.73 Å². The van der Waals surface area contributed by atoms with E-state index in [0.717, 1.165) is 6.42 Å². The highest BCUT2D eigenvalue weighted by atomic mass is 32.1. The Morgan fingerprint density at radius 2 is 1.94 bits per heavy atom. The molecule has 0 fully saturated rings. The molecule has 96 valence electrons. The maximum atomic E-state index is 13.5. The average Bonchev–Trinajstić information content (AvgIpc) is 2.81. The Labute approximate surface area is 108 Å². The maximum absolute atomic E-state index is 13.5. The van der Waals surface area contributed by atoms with Crippen molar-refractivity contribution >= 4 is 11.3 Å². The number of aromatic nitrogens is 2. The summed E-state index contributed by atoms with van der Waals surface area (Å²) >= 11 is 1.30. The van der Waals surface area contributed by atoms with Gasteiger partial charge < -0.3 is 5.73 Å². The summed E-state index contributed by atoms with van der Waals surface area (Å²) in [6.07, 6.45) is 0.856. The highest BCUT2D eigenvalue weighted by Crippen LogP contribution is 2.22. The minimum Gasteiger partial charge on any atom is -0.322 e. The summed E-state index contributed by atoms with van der Waals surface area (Å²) < 4.78 is 26.9. The summed E-state index contributed by atoms with van der Waals surface area (Å²) in [6.45, 7) is 1.95. The van der Waals surface area contributed by atoms with E-state index in [4.69, 9.17) is 5.73 Å².